The number of aromatic hydroxyl groups is 1. The predicted molar refractivity (Wildman–Crippen MR) is 98.5 cm³/mol. The van der Waals surface area contributed by atoms with E-state index in [2.05, 4.69) is 29.0 Å². The number of carbonyl (C=O) groups excluding carboxylic acids is 1. The smallest absolute Gasteiger partial charge is 0.234 e. The van der Waals surface area contributed by atoms with Crippen LogP contribution in [0.15, 0.2) is 24.3 Å². The van der Waals surface area contributed by atoms with Gasteiger partial charge in [-0.2, -0.15) is 0 Å². The van der Waals surface area contributed by atoms with Crippen molar-refractivity contribution in [2.24, 2.45) is 0 Å². The quantitative estimate of drug-likeness (QED) is 0.718. The molecule has 1 heterocycles. The van der Waals surface area contributed by atoms with Crippen molar-refractivity contribution in [2.75, 3.05) is 37.6 Å². The first-order chi connectivity index (χ1) is 11.6. The number of rotatable bonds is 8. The minimum absolute atomic E-state index is 0.120. The van der Waals surface area contributed by atoms with Gasteiger partial charge in [-0.3, -0.25) is 9.69 Å². The van der Waals surface area contributed by atoms with Crippen LogP contribution in [0.2, 0.25) is 0 Å². The molecular formula is C19H31N3O2. The fraction of sp³-hybridized carbons (Fsp3) is 0.632. The van der Waals surface area contributed by atoms with Gasteiger partial charge >= 0.3 is 0 Å². The number of benzene rings is 1. The minimum atomic E-state index is 0.120. The lowest BCUT2D eigenvalue weighted by molar-refractivity contribution is -0.123. The van der Waals surface area contributed by atoms with Crippen molar-refractivity contribution in [3.8, 4) is 5.75 Å². The van der Waals surface area contributed by atoms with Crippen LogP contribution in [0.1, 0.15) is 39.5 Å². The average Bonchev–Trinajstić information content (AvgIpc) is 2.56. The van der Waals surface area contributed by atoms with Gasteiger partial charge in [0.1, 0.15) is 5.75 Å². The Morgan fingerprint density at radius 3 is 2.58 bits per heavy atom. The molecule has 2 N–H and O–H groups in total. The molecule has 1 saturated heterocycles. The number of phenols is 1. The number of anilines is 1. The van der Waals surface area contributed by atoms with E-state index in [-0.39, 0.29) is 11.9 Å². The molecule has 134 valence electrons. The second-order valence-corrected chi connectivity index (χ2v) is 6.72. The summed E-state index contributed by atoms with van der Waals surface area (Å²) in [6.07, 6.45) is 4.67. The van der Waals surface area contributed by atoms with Gasteiger partial charge in [-0.25, -0.2) is 0 Å². The number of hydrogen-bond acceptors (Lipinski definition) is 4. The maximum Gasteiger partial charge on any atom is 0.234 e. The van der Waals surface area contributed by atoms with Gasteiger partial charge in [-0.05, 0) is 25.5 Å². The molecule has 5 heteroatoms. The SMILES string of the molecule is CCCCCC(C)NC(=O)CN1CCN(c2ccccc2O)CC1. The molecule has 1 atom stereocenters. The highest BCUT2D eigenvalue weighted by Crippen LogP contribution is 2.27. The first-order valence-corrected chi connectivity index (χ1v) is 9.14. The van der Waals surface area contributed by atoms with Crippen LogP contribution < -0.4 is 10.2 Å². The van der Waals surface area contributed by atoms with E-state index in [1.807, 2.05) is 18.2 Å². The largest absolute Gasteiger partial charge is 0.506 e. The van der Waals surface area contributed by atoms with Crippen molar-refractivity contribution in [1.82, 2.24) is 10.2 Å². The summed E-state index contributed by atoms with van der Waals surface area (Å²) in [4.78, 5) is 16.5. The summed E-state index contributed by atoms with van der Waals surface area (Å²) in [7, 11) is 0. The molecule has 0 bridgehead atoms. The molecule has 1 aliphatic rings. The number of piperazine rings is 1. The fourth-order valence-electron chi connectivity index (χ4n) is 3.17. The highest BCUT2D eigenvalue weighted by molar-refractivity contribution is 5.78. The third-order valence-corrected chi connectivity index (χ3v) is 4.61. The highest BCUT2D eigenvalue weighted by atomic mass is 16.3. The molecule has 1 aliphatic heterocycles. The van der Waals surface area contributed by atoms with Gasteiger partial charge in [-0.15, -0.1) is 0 Å². The lowest BCUT2D eigenvalue weighted by atomic mass is 10.1. The lowest BCUT2D eigenvalue weighted by Crippen LogP contribution is -2.50. The molecule has 1 aromatic rings. The maximum absolute atomic E-state index is 12.2. The Morgan fingerprint density at radius 1 is 1.21 bits per heavy atom. The monoisotopic (exact) mass is 333 g/mol. The number of hydrogen-bond donors (Lipinski definition) is 2. The van der Waals surface area contributed by atoms with Crippen LogP contribution in [0.5, 0.6) is 5.75 Å². The molecule has 1 amide bonds. The molecule has 1 unspecified atom stereocenters. The van der Waals surface area contributed by atoms with E-state index in [4.69, 9.17) is 0 Å². The Morgan fingerprint density at radius 2 is 1.92 bits per heavy atom. The van der Waals surface area contributed by atoms with Gasteiger partial charge in [-0.1, -0.05) is 38.3 Å². The third kappa shape index (κ3) is 5.71. The van der Waals surface area contributed by atoms with E-state index in [1.165, 1.54) is 19.3 Å². The summed E-state index contributed by atoms with van der Waals surface area (Å²) in [6, 6.07) is 7.69. The molecule has 0 saturated carbocycles. The van der Waals surface area contributed by atoms with Crippen LogP contribution in [-0.2, 0) is 4.79 Å². The van der Waals surface area contributed by atoms with Gasteiger partial charge in [0, 0.05) is 32.2 Å². The summed E-state index contributed by atoms with van der Waals surface area (Å²) in [5.74, 6) is 0.444. The summed E-state index contributed by atoms with van der Waals surface area (Å²) in [5.41, 5.74) is 0.881. The summed E-state index contributed by atoms with van der Waals surface area (Å²) >= 11 is 0. The summed E-state index contributed by atoms with van der Waals surface area (Å²) in [5, 5.41) is 13.0. The van der Waals surface area contributed by atoms with Gasteiger partial charge in [0.2, 0.25) is 5.91 Å². The standard InChI is InChI=1S/C19H31N3O2/c1-3-4-5-8-16(2)20-19(24)15-21-11-13-22(14-12-21)17-9-6-7-10-18(17)23/h6-7,9-10,16,23H,3-5,8,11-15H2,1-2H3,(H,20,24). The van der Waals surface area contributed by atoms with E-state index in [0.29, 0.717) is 12.3 Å². The van der Waals surface area contributed by atoms with Crippen LogP contribution >= 0.6 is 0 Å². The molecule has 1 fully saturated rings. The van der Waals surface area contributed by atoms with Crippen LogP contribution in [0.25, 0.3) is 0 Å². The van der Waals surface area contributed by atoms with Crippen molar-refractivity contribution >= 4 is 11.6 Å². The molecule has 5 nitrogen and oxygen atoms in total. The van der Waals surface area contributed by atoms with Crippen molar-refractivity contribution < 1.29 is 9.90 Å². The second-order valence-electron chi connectivity index (χ2n) is 6.72. The van der Waals surface area contributed by atoms with Crippen LogP contribution in [0.4, 0.5) is 5.69 Å². The molecule has 0 aliphatic carbocycles. The van der Waals surface area contributed by atoms with Crippen molar-refractivity contribution in [3.05, 3.63) is 24.3 Å². The Kier molecular flexibility index (Phi) is 7.37. The van der Waals surface area contributed by atoms with Gasteiger partial charge < -0.3 is 15.3 Å². The zero-order valence-electron chi connectivity index (χ0n) is 15.0. The Balaban J connectivity index is 1.71. The first kappa shape index (κ1) is 18.6. The predicted octanol–water partition coefficient (Wildman–Crippen LogP) is 2.60. The van der Waals surface area contributed by atoms with Gasteiger partial charge in [0.15, 0.2) is 0 Å². The molecule has 24 heavy (non-hydrogen) atoms. The molecule has 2 rings (SSSR count). The number of nitrogens with one attached hydrogen (secondary N) is 1. The summed E-state index contributed by atoms with van der Waals surface area (Å²) in [6.45, 7) is 8.08. The molecular weight excluding hydrogens is 302 g/mol. The number of unbranched alkanes of at least 4 members (excludes halogenated alkanes) is 2. The van der Waals surface area contributed by atoms with E-state index < -0.39 is 0 Å². The number of nitrogens with zero attached hydrogens (tertiary/aromatic N) is 2. The van der Waals surface area contributed by atoms with Gasteiger partial charge in [0.05, 0.1) is 12.2 Å². The fourth-order valence-corrected chi connectivity index (χ4v) is 3.17. The van der Waals surface area contributed by atoms with Crippen molar-refractivity contribution in [3.63, 3.8) is 0 Å². The number of amides is 1. The Bertz CT molecular complexity index is 513. The second kappa shape index (κ2) is 9.52. The molecule has 0 aromatic heterocycles. The lowest BCUT2D eigenvalue weighted by Gasteiger charge is -2.36. The Hall–Kier alpha value is -1.75. The van der Waals surface area contributed by atoms with E-state index in [9.17, 15) is 9.90 Å². The van der Waals surface area contributed by atoms with Crippen molar-refractivity contribution in [1.29, 1.82) is 0 Å². The maximum atomic E-state index is 12.2. The molecule has 1 aromatic carbocycles. The number of carbonyl (C=O) groups is 1. The van der Waals surface area contributed by atoms with Gasteiger partial charge in [0.25, 0.3) is 0 Å². The Labute approximate surface area is 145 Å². The normalized spacial score (nSPS) is 16.8. The van der Waals surface area contributed by atoms with E-state index in [0.717, 1.165) is 38.3 Å². The van der Waals surface area contributed by atoms with Crippen LogP contribution in [-0.4, -0.2) is 54.7 Å². The zero-order valence-corrected chi connectivity index (χ0v) is 15.0. The van der Waals surface area contributed by atoms with E-state index in [1.54, 1.807) is 6.07 Å². The number of para-hydroxylation sites is 2. The third-order valence-electron chi connectivity index (χ3n) is 4.61. The van der Waals surface area contributed by atoms with E-state index >= 15 is 0 Å². The molecule has 0 spiro atoms. The average molecular weight is 333 g/mol. The summed E-state index contributed by atoms with van der Waals surface area (Å²) < 4.78 is 0. The van der Waals surface area contributed by atoms with Crippen LogP contribution in [0, 0.1) is 0 Å². The van der Waals surface area contributed by atoms with Crippen molar-refractivity contribution in [2.45, 2.75) is 45.6 Å². The first-order valence-electron chi connectivity index (χ1n) is 9.14. The molecule has 0 radical (unpaired) electrons. The number of phenolic OH excluding ortho intramolecular Hbond substituents is 1. The minimum Gasteiger partial charge on any atom is -0.506 e. The van der Waals surface area contributed by atoms with Crippen LogP contribution in [0.3, 0.4) is 0 Å². The zero-order chi connectivity index (χ0) is 17.4. The topological polar surface area (TPSA) is 55.8 Å². The highest BCUT2D eigenvalue weighted by Gasteiger charge is 2.21.